The standard InChI is InChI=1S/C20H17ClFN3OS/c1-2-13-3-5-14(6-4-13)11-17(21)19-24-25-20(27-19)18(26)23-12-15-7-9-16(22)10-8-15/h3-11H,2,12H2,1H3,(H,23,26)/b17-11-. The van der Waals surface area contributed by atoms with Crippen molar-refractivity contribution in [1.29, 1.82) is 0 Å². The zero-order valence-corrected chi connectivity index (χ0v) is 16.1. The minimum atomic E-state index is -0.347. The zero-order valence-electron chi connectivity index (χ0n) is 14.6. The second kappa shape index (κ2) is 8.88. The van der Waals surface area contributed by atoms with Gasteiger partial charge in [-0.3, -0.25) is 4.79 Å². The van der Waals surface area contributed by atoms with Crippen molar-refractivity contribution >= 4 is 40.0 Å². The maximum absolute atomic E-state index is 12.9. The fourth-order valence-corrected chi connectivity index (χ4v) is 3.28. The van der Waals surface area contributed by atoms with E-state index in [0.717, 1.165) is 28.9 Å². The maximum Gasteiger partial charge on any atom is 0.282 e. The van der Waals surface area contributed by atoms with E-state index in [-0.39, 0.29) is 23.3 Å². The van der Waals surface area contributed by atoms with Gasteiger partial charge in [-0.2, -0.15) is 0 Å². The smallest absolute Gasteiger partial charge is 0.282 e. The molecule has 0 saturated carbocycles. The van der Waals surface area contributed by atoms with Crippen molar-refractivity contribution < 1.29 is 9.18 Å². The van der Waals surface area contributed by atoms with Crippen LogP contribution in [0, 0.1) is 5.82 Å². The van der Waals surface area contributed by atoms with Gasteiger partial charge in [-0.15, -0.1) is 10.2 Å². The molecule has 2 aromatic carbocycles. The quantitative estimate of drug-likeness (QED) is 0.638. The van der Waals surface area contributed by atoms with Crippen LogP contribution in [0.3, 0.4) is 0 Å². The molecule has 1 aromatic heterocycles. The summed E-state index contributed by atoms with van der Waals surface area (Å²) in [6.07, 6.45) is 2.77. The summed E-state index contributed by atoms with van der Waals surface area (Å²) in [4.78, 5) is 12.2. The Bertz CT molecular complexity index is 952. The summed E-state index contributed by atoms with van der Waals surface area (Å²) >= 11 is 7.44. The van der Waals surface area contributed by atoms with E-state index in [4.69, 9.17) is 11.6 Å². The number of rotatable bonds is 6. The Hall–Kier alpha value is -2.57. The normalized spacial score (nSPS) is 11.4. The van der Waals surface area contributed by atoms with E-state index in [2.05, 4.69) is 22.4 Å². The largest absolute Gasteiger partial charge is 0.346 e. The van der Waals surface area contributed by atoms with E-state index >= 15 is 0 Å². The topological polar surface area (TPSA) is 54.9 Å². The van der Waals surface area contributed by atoms with Crippen molar-refractivity contribution in [3.8, 4) is 0 Å². The van der Waals surface area contributed by atoms with Crippen LogP contribution >= 0.6 is 22.9 Å². The van der Waals surface area contributed by atoms with Gasteiger partial charge in [0.15, 0.2) is 5.01 Å². The highest BCUT2D eigenvalue weighted by Gasteiger charge is 2.14. The summed E-state index contributed by atoms with van der Waals surface area (Å²) in [6.45, 7) is 2.38. The highest BCUT2D eigenvalue weighted by molar-refractivity contribution is 7.15. The number of nitrogens with one attached hydrogen (secondary N) is 1. The first-order chi connectivity index (χ1) is 13.0. The molecule has 0 fully saturated rings. The van der Waals surface area contributed by atoms with E-state index in [1.165, 1.54) is 17.7 Å². The molecule has 138 valence electrons. The van der Waals surface area contributed by atoms with E-state index in [1.807, 2.05) is 24.3 Å². The van der Waals surface area contributed by atoms with Gasteiger partial charge in [-0.25, -0.2) is 4.39 Å². The fourth-order valence-electron chi connectivity index (χ4n) is 2.33. The Morgan fingerprint density at radius 2 is 1.70 bits per heavy atom. The van der Waals surface area contributed by atoms with E-state index in [1.54, 1.807) is 18.2 Å². The first-order valence-electron chi connectivity index (χ1n) is 8.38. The molecule has 0 saturated heterocycles. The number of amides is 1. The summed E-state index contributed by atoms with van der Waals surface area (Å²) in [6, 6.07) is 14.0. The number of halogens is 2. The second-order valence-electron chi connectivity index (χ2n) is 5.81. The van der Waals surface area contributed by atoms with Gasteiger partial charge in [0.2, 0.25) is 5.01 Å². The molecule has 0 bridgehead atoms. The first-order valence-corrected chi connectivity index (χ1v) is 9.57. The van der Waals surface area contributed by atoms with E-state index in [0.29, 0.717) is 10.0 Å². The van der Waals surface area contributed by atoms with Crippen molar-refractivity contribution in [3.63, 3.8) is 0 Å². The molecule has 3 aromatic rings. The lowest BCUT2D eigenvalue weighted by atomic mass is 10.1. The lowest BCUT2D eigenvalue weighted by Gasteiger charge is -2.02. The van der Waals surface area contributed by atoms with E-state index < -0.39 is 0 Å². The van der Waals surface area contributed by atoms with Crippen molar-refractivity contribution in [3.05, 3.63) is 81.1 Å². The average Bonchev–Trinajstić information content (AvgIpc) is 3.18. The Morgan fingerprint density at radius 1 is 1.07 bits per heavy atom. The minimum Gasteiger partial charge on any atom is -0.346 e. The molecule has 0 unspecified atom stereocenters. The van der Waals surface area contributed by atoms with Gasteiger partial charge in [-0.1, -0.05) is 66.3 Å². The molecule has 0 atom stereocenters. The average molecular weight is 402 g/mol. The number of nitrogens with zero attached hydrogens (tertiary/aromatic N) is 2. The number of hydrogen-bond acceptors (Lipinski definition) is 4. The molecule has 1 heterocycles. The lowest BCUT2D eigenvalue weighted by Crippen LogP contribution is -2.22. The Labute approximate surface area is 165 Å². The van der Waals surface area contributed by atoms with Crippen LogP contribution < -0.4 is 5.32 Å². The molecule has 27 heavy (non-hydrogen) atoms. The summed E-state index contributed by atoms with van der Waals surface area (Å²) < 4.78 is 12.9. The van der Waals surface area contributed by atoms with Gasteiger partial charge in [0.1, 0.15) is 5.82 Å². The van der Waals surface area contributed by atoms with Crippen LogP contribution in [0.4, 0.5) is 4.39 Å². The third-order valence-corrected chi connectivity index (χ3v) is 5.23. The highest BCUT2D eigenvalue weighted by Crippen LogP contribution is 2.25. The zero-order chi connectivity index (χ0) is 19.2. The molecule has 0 aliphatic rings. The lowest BCUT2D eigenvalue weighted by molar-refractivity contribution is 0.0950. The number of hydrogen-bond donors (Lipinski definition) is 1. The van der Waals surface area contributed by atoms with Gasteiger partial charge in [0.05, 0.1) is 5.03 Å². The molecule has 0 spiro atoms. The molecule has 0 radical (unpaired) electrons. The molecule has 7 heteroatoms. The van der Waals surface area contributed by atoms with Gasteiger partial charge in [-0.05, 0) is 41.3 Å². The molecule has 0 aliphatic carbocycles. The van der Waals surface area contributed by atoms with Crippen LogP contribution in [-0.4, -0.2) is 16.1 Å². The number of aromatic nitrogens is 2. The predicted molar refractivity (Wildman–Crippen MR) is 107 cm³/mol. The van der Waals surface area contributed by atoms with E-state index in [9.17, 15) is 9.18 Å². The monoisotopic (exact) mass is 401 g/mol. The second-order valence-corrected chi connectivity index (χ2v) is 7.19. The van der Waals surface area contributed by atoms with Crippen molar-refractivity contribution in [2.45, 2.75) is 19.9 Å². The molecule has 1 amide bonds. The van der Waals surface area contributed by atoms with Gasteiger partial charge in [0.25, 0.3) is 5.91 Å². The summed E-state index contributed by atoms with van der Waals surface area (Å²) in [7, 11) is 0. The van der Waals surface area contributed by atoms with Crippen LogP contribution in [0.5, 0.6) is 0 Å². The third kappa shape index (κ3) is 5.21. The molecular weight excluding hydrogens is 385 g/mol. The molecule has 3 rings (SSSR count). The molecular formula is C20H17ClFN3OS. The first kappa shape index (κ1) is 19.2. The number of aryl methyl sites for hydroxylation is 1. The maximum atomic E-state index is 12.9. The number of carbonyl (C=O) groups excluding carboxylic acids is 1. The number of carbonyl (C=O) groups is 1. The third-order valence-electron chi connectivity index (χ3n) is 3.87. The summed E-state index contributed by atoms with van der Waals surface area (Å²) in [5, 5.41) is 11.8. The van der Waals surface area contributed by atoms with Gasteiger partial charge >= 0.3 is 0 Å². The Kier molecular flexibility index (Phi) is 6.32. The number of benzene rings is 2. The minimum absolute atomic E-state index is 0.222. The summed E-state index contributed by atoms with van der Waals surface area (Å²) in [5.74, 6) is -0.663. The van der Waals surface area contributed by atoms with Crippen molar-refractivity contribution in [1.82, 2.24) is 15.5 Å². The Morgan fingerprint density at radius 3 is 2.37 bits per heavy atom. The molecule has 1 N–H and O–H groups in total. The molecule has 0 aliphatic heterocycles. The van der Waals surface area contributed by atoms with Crippen LogP contribution in [0.15, 0.2) is 48.5 Å². The van der Waals surface area contributed by atoms with Crippen LogP contribution in [0.1, 0.15) is 38.4 Å². The van der Waals surface area contributed by atoms with Gasteiger partial charge in [0, 0.05) is 6.54 Å². The fraction of sp³-hybridized carbons (Fsp3) is 0.150. The van der Waals surface area contributed by atoms with Crippen molar-refractivity contribution in [2.24, 2.45) is 0 Å². The predicted octanol–water partition coefficient (Wildman–Crippen LogP) is 4.91. The van der Waals surface area contributed by atoms with Crippen LogP contribution in [-0.2, 0) is 13.0 Å². The SMILES string of the molecule is CCc1ccc(/C=C(\Cl)c2nnc(C(=O)NCc3ccc(F)cc3)s2)cc1. The van der Waals surface area contributed by atoms with Crippen molar-refractivity contribution in [2.75, 3.05) is 0 Å². The Balaban J connectivity index is 1.64. The van der Waals surface area contributed by atoms with Gasteiger partial charge < -0.3 is 5.32 Å². The summed E-state index contributed by atoms with van der Waals surface area (Å²) in [5.41, 5.74) is 3.00. The molecule has 4 nitrogen and oxygen atoms in total. The van der Waals surface area contributed by atoms with Crippen LogP contribution in [0.25, 0.3) is 11.1 Å². The highest BCUT2D eigenvalue weighted by atomic mass is 35.5. The van der Waals surface area contributed by atoms with Crippen LogP contribution in [0.2, 0.25) is 0 Å².